The average molecular weight is 494 g/mol. The largest absolute Gasteiger partial charge is 0.468 e. The Balaban J connectivity index is 2.05. The minimum absolute atomic E-state index is 0.0609. The van der Waals surface area contributed by atoms with Gasteiger partial charge in [-0.3, -0.25) is 4.79 Å². The zero-order valence-electron chi connectivity index (χ0n) is 17.9. The smallest absolute Gasteiger partial charge is 0.322 e. The number of benzene rings is 2. The molecule has 0 aliphatic rings. The molecule has 0 saturated carbocycles. The summed E-state index contributed by atoms with van der Waals surface area (Å²) in [4.78, 5) is 15.9. The van der Waals surface area contributed by atoms with Gasteiger partial charge in [0, 0.05) is 11.1 Å². The zero-order valence-corrected chi connectivity index (χ0v) is 19.5. The normalized spacial score (nSPS) is 12.9. The first-order chi connectivity index (χ1) is 15.5. The lowest BCUT2D eigenvalue weighted by atomic mass is 10.1. The van der Waals surface area contributed by atoms with Crippen LogP contribution in [0.25, 0.3) is 22.6 Å². The van der Waals surface area contributed by atoms with Crippen LogP contribution in [0, 0.1) is 0 Å². The van der Waals surface area contributed by atoms with E-state index in [1.807, 2.05) is 30.3 Å². The number of hydrogen-bond acceptors (Lipinski definition) is 8. The number of primary sulfonamides is 1. The molecule has 1 heterocycles. The summed E-state index contributed by atoms with van der Waals surface area (Å²) in [5.74, 6) is -1.32. The third-order valence-corrected chi connectivity index (χ3v) is 6.89. The number of carbonyl (C=O) groups is 1. The second-order valence-electron chi connectivity index (χ2n) is 7.08. The molecule has 1 unspecified atom stereocenters. The molecule has 0 radical (unpaired) electrons. The van der Waals surface area contributed by atoms with Crippen molar-refractivity contribution in [3.05, 3.63) is 60.5 Å². The van der Waals surface area contributed by atoms with Gasteiger partial charge < -0.3 is 9.15 Å². The first-order valence-electron chi connectivity index (χ1n) is 9.80. The summed E-state index contributed by atoms with van der Waals surface area (Å²) in [7, 11) is -6.78. The van der Waals surface area contributed by atoms with Crippen LogP contribution in [0.1, 0.15) is 25.3 Å². The van der Waals surface area contributed by atoms with Crippen LogP contribution < -0.4 is 9.86 Å². The van der Waals surface area contributed by atoms with Gasteiger partial charge in [0.05, 0.1) is 18.0 Å². The lowest BCUT2D eigenvalue weighted by Gasteiger charge is -2.13. The molecule has 33 heavy (non-hydrogen) atoms. The van der Waals surface area contributed by atoms with Crippen LogP contribution in [0.2, 0.25) is 0 Å². The van der Waals surface area contributed by atoms with Crippen molar-refractivity contribution in [1.29, 1.82) is 0 Å². The summed E-state index contributed by atoms with van der Waals surface area (Å²) in [5.41, 5.74) is 1.68. The van der Waals surface area contributed by atoms with E-state index in [9.17, 15) is 21.6 Å². The number of carbonyl (C=O) groups excluding carboxylic acids is 1. The van der Waals surface area contributed by atoms with Crippen LogP contribution >= 0.6 is 0 Å². The fourth-order valence-electron chi connectivity index (χ4n) is 3.05. The van der Waals surface area contributed by atoms with Crippen LogP contribution in [0.4, 0.5) is 0 Å². The molecule has 0 spiro atoms. The minimum atomic E-state index is -4.01. The molecular weight excluding hydrogens is 470 g/mol. The van der Waals surface area contributed by atoms with E-state index >= 15 is 0 Å². The molecule has 3 aromatic rings. The summed E-state index contributed by atoms with van der Waals surface area (Å²) in [6.45, 7) is 1.73. The summed E-state index contributed by atoms with van der Waals surface area (Å²) < 4.78 is 60.7. The molecule has 3 N–H and O–H groups in total. The molecule has 3 rings (SSSR count). The van der Waals surface area contributed by atoms with Crippen molar-refractivity contribution < 1.29 is 30.8 Å². The molecule has 12 heteroatoms. The molecule has 0 fully saturated rings. The maximum Gasteiger partial charge on any atom is 0.322 e. The first-order valence-corrected chi connectivity index (χ1v) is 13.0. The van der Waals surface area contributed by atoms with Gasteiger partial charge in [0.2, 0.25) is 25.9 Å². The number of ether oxygens (including phenoxy) is 1. The number of nitrogens with one attached hydrogen (secondary N) is 1. The Hall–Kier alpha value is -3.06. The predicted octanol–water partition coefficient (Wildman–Crippen LogP) is 2.20. The van der Waals surface area contributed by atoms with Crippen LogP contribution in [0.15, 0.2) is 63.9 Å². The van der Waals surface area contributed by atoms with Gasteiger partial charge in [-0.25, -0.2) is 31.7 Å². The Morgan fingerprint density at radius 3 is 2.24 bits per heavy atom. The SMILES string of the molecule is CCC(NS(=O)(=O)CC(=O)OC)c1nc(-c2ccccc2)c(-c2ccc(S(N)(=O)=O)cc2)o1. The van der Waals surface area contributed by atoms with E-state index in [4.69, 9.17) is 9.56 Å². The second-order valence-corrected chi connectivity index (χ2v) is 10.4. The molecule has 2 aromatic carbocycles. The number of oxazole rings is 1. The van der Waals surface area contributed by atoms with E-state index in [1.54, 1.807) is 6.92 Å². The Labute approximate surface area is 191 Å². The second kappa shape index (κ2) is 9.83. The van der Waals surface area contributed by atoms with Gasteiger partial charge in [0.1, 0.15) is 5.69 Å². The van der Waals surface area contributed by atoms with E-state index < -0.39 is 37.8 Å². The van der Waals surface area contributed by atoms with E-state index in [0.717, 1.165) is 7.11 Å². The van der Waals surface area contributed by atoms with Gasteiger partial charge >= 0.3 is 5.97 Å². The van der Waals surface area contributed by atoms with Crippen molar-refractivity contribution in [1.82, 2.24) is 9.71 Å². The fraction of sp³-hybridized carbons (Fsp3) is 0.238. The monoisotopic (exact) mass is 493 g/mol. The number of rotatable bonds is 9. The highest BCUT2D eigenvalue weighted by atomic mass is 32.2. The Kier molecular flexibility index (Phi) is 7.32. The molecule has 0 aliphatic carbocycles. The highest BCUT2D eigenvalue weighted by molar-refractivity contribution is 7.90. The third-order valence-electron chi connectivity index (χ3n) is 4.70. The molecule has 1 atom stereocenters. The van der Waals surface area contributed by atoms with E-state index in [2.05, 4.69) is 14.4 Å². The summed E-state index contributed by atoms with van der Waals surface area (Å²) in [5, 5.41) is 5.17. The van der Waals surface area contributed by atoms with Gasteiger partial charge in [-0.05, 0) is 30.7 Å². The van der Waals surface area contributed by atoms with Gasteiger partial charge in [0.15, 0.2) is 11.5 Å². The molecule has 0 amide bonds. The molecule has 176 valence electrons. The molecular formula is C21H23N3O7S2. The Morgan fingerprint density at radius 1 is 1.06 bits per heavy atom. The van der Waals surface area contributed by atoms with E-state index in [1.165, 1.54) is 24.3 Å². The lowest BCUT2D eigenvalue weighted by molar-refractivity contribution is -0.137. The molecule has 0 saturated heterocycles. The van der Waals surface area contributed by atoms with Crippen molar-refractivity contribution in [2.75, 3.05) is 12.9 Å². The Bertz CT molecular complexity index is 1330. The molecule has 10 nitrogen and oxygen atoms in total. The zero-order chi connectivity index (χ0) is 24.2. The maximum atomic E-state index is 12.4. The van der Waals surface area contributed by atoms with Crippen LogP contribution in [0.3, 0.4) is 0 Å². The highest BCUT2D eigenvalue weighted by Gasteiger charge is 2.27. The summed E-state index contributed by atoms with van der Waals surface area (Å²) in [6, 6.07) is 14.0. The topological polar surface area (TPSA) is 159 Å². The summed E-state index contributed by atoms with van der Waals surface area (Å²) in [6.07, 6.45) is 0.291. The number of methoxy groups -OCH3 is 1. The van der Waals surface area contributed by atoms with Crippen molar-refractivity contribution in [2.24, 2.45) is 5.14 Å². The van der Waals surface area contributed by atoms with Gasteiger partial charge in [0.25, 0.3) is 0 Å². The average Bonchev–Trinajstić information content (AvgIpc) is 3.22. The van der Waals surface area contributed by atoms with E-state index in [0.29, 0.717) is 29.0 Å². The van der Waals surface area contributed by atoms with Gasteiger partial charge in [-0.15, -0.1) is 0 Å². The third kappa shape index (κ3) is 6.05. The number of sulfonamides is 2. The van der Waals surface area contributed by atoms with Crippen molar-refractivity contribution in [2.45, 2.75) is 24.3 Å². The lowest BCUT2D eigenvalue weighted by Crippen LogP contribution is -2.33. The van der Waals surface area contributed by atoms with E-state index in [-0.39, 0.29) is 10.8 Å². The number of nitrogens with zero attached hydrogens (tertiary/aromatic N) is 1. The highest BCUT2D eigenvalue weighted by Crippen LogP contribution is 2.35. The predicted molar refractivity (Wildman–Crippen MR) is 121 cm³/mol. The van der Waals surface area contributed by atoms with Crippen molar-refractivity contribution in [3.63, 3.8) is 0 Å². The minimum Gasteiger partial charge on any atom is -0.468 e. The van der Waals surface area contributed by atoms with Crippen LogP contribution in [-0.4, -0.2) is 40.7 Å². The van der Waals surface area contributed by atoms with Gasteiger partial charge in [-0.1, -0.05) is 37.3 Å². The molecule has 1 aromatic heterocycles. The number of aromatic nitrogens is 1. The van der Waals surface area contributed by atoms with Crippen LogP contribution in [-0.2, 0) is 29.6 Å². The fourth-order valence-corrected chi connectivity index (χ4v) is 4.78. The molecule has 0 bridgehead atoms. The number of nitrogens with two attached hydrogens (primary N) is 1. The first kappa shape index (κ1) is 24.6. The summed E-state index contributed by atoms with van der Waals surface area (Å²) >= 11 is 0. The van der Waals surface area contributed by atoms with Gasteiger partial charge in [-0.2, -0.15) is 0 Å². The number of esters is 1. The van der Waals surface area contributed by atoms with Crippen molar-refractivity contribution in [3.8, 4) is 22.6 Å². The molecule has 0 aliphatic heterocycles. The standard InChI is InChI=1S/C21H23N3O7S2/c1-3-17(24-32(26,27)13-18(25)30-2)21-23-19(14-7-5-4-6-8-14)20(31-21)15-9-11-16(12-10-15)33(22,28)29/h4-12,17,24H,3,13H2,1-2H3,(H2,22,28,29). The van der Waals surface area contributed by atoms with Crippen molar-refractivity contribution >= 4 is 26.0 Å². The quantitative estimate of drug-likeness (QED) is 0.429. The number of hydrogen-bond donors (Lipinski definition) is 2. The maximum absolute atomic E-state index is 12.4. The Morgan fingerprint density at radius 2 is 1.70 bits per heavy atom. The van der Waals surface area contributed by atoms with Crippen LogP contribution in [0.5, 0.6) is 0 Å².